The topological polar surface area (TPSA) is 69.2 Å². The first-order valence-electron chi connectivity index (χ1n) is 4.01. The summed E-state index contributed by atoms with van der Waals surface area (Å²) >= 11 is 5.32. The number of nitro benzene ring substituents is 1. The maximum Gasteiger partial charge on any atom is 0.417 e. The van der Waals surface area contributed by atoms with Crippen molar-refractivity contribution in [3.05, 3.63) is 38.4 Å². The molecule has 88 valence electrons. The Kier molecular flexibility index (Phi) is 3.39. The van der Waals surface area contributed by atoms with Crippen LogP contribution in [0.2, 0.25) is 5.02 Å². The SMILES string of the molecule is NCc1cc(C(F)(F)F)c(Cl)cc1[N+](=O)[O-]. The third-order valence-corrected chi connectivity index (χ3v) is 2.20. The summed E-state index contributed by atoms with van der Waals surface area (Å²) in [6, 6.07) is 1.26. The Hall–Kier alpha value is -1.34. The molecule has 0 bridgehead atoms. The average molecular weight is 255 g/mol. The number of alkyl halides is 3. The van der Waals surface area contributed by atoms with Crippen LogP contribution in [0.15, 0.2) is 12.1 Å². The summed E-state index contributed by atoms with van der Waals surface area (Å²) in [6.45, 7) is -0.365. The van der Waals surface area contributed by atoms with E-state index in [1.54, 1.807) is 0 Å². The fraction of sp³-hybridized carbons (Fsp3) is 0.250. The summed E-state index contributed by atoms with van der Waals surface area (Å²) < 4.78 is 37.2. The fourth-order valence-corrected chi connectivity index (χ4v) is 1.42. The Morgan fingerprint density at radius 2 is 2.00 bits per heavy atom. The van der Waals surface area contributed by atoms with Crippen molar-refractivity contribution in [2.75, 3.05) is 0 Å². The lowest BCUT2D eigenvalue weighted by molar-refractivity contribution is -0.385. The predicted octanol–water partition coefficient (Wildman–Crippen LogP) is 2.73. The number of halogens is 4. The number of benzene rings is 1. The van der Waals surface area contributed by atoms with Crippen molar-refractivity contribution < 1.29 is 18.1 Å². The van der Waals surface area contributed by atoms with Crippen LogP contribution in [0, 0.1) is 10.1 Å². The highest BCUT2D eigenvalue weighted by atomic mass is 35.5. The van der Waals surface area contributed by atoms with Crippen molar-refractivity contribution >= 4 is 17.3 Å². The Balaban J connectivity index is 3.43. The number of rotatable bonds is 2. The van der Waals surface area contributed by atoms with Gasteiger partial charge in [-0.3, -0.25) is 10.1 Å². The van der Waals surface area contributed by atoms with Gasteiger partial charge in [-0.1, -0.05) is 11.6 Å². The van der Waals surface area contributed by atoms with E-state index >= 15 is 0 Å². The van der Waals surface area contributed by atoms with Crippen molar-refractivity contribution in [2.24, 2.45) is 5.73 Å². The van der Waals surface area contributed by atoms with Crippen LogP contribution in [-0.2, 0) is 12.7 Å². The predicted molar refractivity (Wildman–Crippen MR) is 51.0 cm³/mol. The second-order valence-corrected chi connectivity index (χ2v) is 3.33. The molecule has 0 amide bonds. The van der Waals surface area contributed by atoms with E-state index in [-0.39, 0.29) is 12.1 Å². The lowest BCUT2D eigenvalue weighted by atomic mass is 10.1. The average Bonchev–Trinajstić information content (AvgIpc) is 2.15. The minimum atomic E-state index is -4.66. The Morgan fingerprint density at radius 1 is 1.44 bits per heavy atom. The van der Waals surface area contributed by atoms with Crippen molar-refractivity contribution in [3.63, 3.8) is 0 Å². The van der Waals surface area contributed by atoms with Crippen LogP contribution in [0.25, 0.3) is 0 Å². The van der Waals surface area contributed by atoms with Gasteiger partial charge >= 0.3 is 6.18 Å². The minimum Gasteiger partial charge on any atom is -0.326 e. The van der Waals surface area contributed by atoms with Crippen LogP contribution in [0.1, 0.15) is 11.1 Å². The lowest BCUT2D eigenvalue weighted by Gasteiger charge is -2.10. The van der Waals surface area contributed by atoms with E-state index in [4.69, 9.17) is 17.3 Å². The summed E-state index contributed by atoms with van der Waals surface area (Å²) in [5.41, 5.74) is 3.29. The zero-order chi connectivity index (χ0) is 12.5. The van der Waals surface area contributed by atoms with E-state index in [1.807, 2.05) is 0 Å². The molecule has 0 fully saturated rings. The van der Waals surface area contributed by atoms with E-state index in [0.29, 0.717) is 12.1 Å². The zero-order valence-electron chi connectivity index (χ0n) is 7.71. The van der Waals surface area contributed by atoms with Crippen LogP contribution in [-0.4, -0.2) is 4.92 Å². The number of nitro groups is 1. The minimum absolute atomic E-state index is 0.207. The van der Waals surface area contributed by atoms with Gasteiger partial charge in [0.25, 0.3) is 5.69 Å². The number of hydrogen-bond acceptors (Lipinski definition) is 3. The Morgan fingerprint density at radius 3 is 2.38 bits per heavy atom. The molecule has 0 heterocycles. The summed E-state index contributed by atoms with van der Waals surface area (Å²) in [6.07, 6.45) is -4.66. The van der Waals surface area contributed by atoms with E-state index in [2.05, 4.69) is 0 Å². The molecule has 16 heavy (non-hydrogen) atoms. The largest absolute Gasteiger partial charge is 0.417 e. The standard InChI is InChI=1S/C8H6ClF3N2O2/c9-6-2-7(14(15)16)4(3-13)1-5(6)8(10,11)12/h1-2H,3,13H2. The van der Waals surface area contributed by atoms with Gasteiger partial charge in [-0.15, -0.1) is 0 Å². The maximum atomic E-state index is 12.4. The Bertz CT molecular complexity index is 434. The number of hydrogen-bond donors (Lipinski definition) is 1. The molecular weight excluding hydrogens is 249 g/mol. The molecule has 0 saturated carbocycles. The molecule has 0 aromatic heterocycles. The third-order valence-electron chi connectivity index (χ3n) is 1.89. The summed E-state index contributed by atoms with van der Waals surface area (Å²) in [5, 5.41) is 9.79. The van der Waals surface area contributed by atoms with Crippen LogP contribution >= 0.6 is 11.6 Å². The van der Waals surface area contributed by atoms with Crippen LogP contribution in [0.3, 0.4) is 0 Å². The molecule has 2 N–H and O–H groups in total. The second kappa shape index (κ2) is 4.26. The van der Waals surface area contributed by atoms with Gasteiger partial charge in [-0.2, -0.15) is 13.2 Å². The monoisotopic (exact) mass is 254 g/mol. The Labute approximate surface area is 93.0 Å². The molecule has 0 aliphatic rings. The van der Waals surface area contributed by atoms with Crippen molar-refractivity contribution in [1.29, 1.82) is 0 Å². The van der Waals surface area contributed by atoms with Gasteiger partial charge in [0, 0.05) is 18.2 Å². The van der Waals surface area contributed by atoms with Crippen molar-refractivity contribution in [1.82, 2.24) is 0 Å². The molecule has 0 saturated heterocycles. The highest BCUT2D eigenvalue weighted by Crippen LogP contribution is 2.38. The van der Waals surface area contributed by atoms with Gasteiger partial charge in [-0.05, 0) is 6.07 Å². The molecule has 0 spiro atoms. The molecule has 0 unspecified atom stereocenters. The smallest absolute Gasteiger partial charge is 0.326 e. The van der Waals surface area contributed by atoms with Gasteiger partial charge in [0.2, 0.25) is 0 Å². The molecule has 1 aromatic carbocycles. The highest BCUT2D eigenvalue weighted by molar-refractivity contribution is 6.31. The highest BCUT2D eigenvalue weighted by Gasteiger charge is 2.35. The van der Waals surface area contributed by atoms with Crippen LogP contribution in [0.4, 0.5) is 18.9 Å². The molecule has 0 aliphatic carbocycles. The van der Waals surface area contributed by atoms with Gasteiger partial charge in [0.05, 0.1) is 15.5 Å². The molecule has 8 heteroatoms. The van der Waals surface area contributed by atoms with Crippen LogP contribution in [0.5, 0.6) is 0 Å². The molecule has 1 aromatic rings. The quantitative estimate of drug-likeness (QED) is 0.652. The molecular formula is C8H6ClF3N2O2. The zero-order valence-corrected chi connectivity index (χ0v) is 8.47. The van der Waals surface area contributed by atoms with E-state index < -0.39 is 27.4 Å². The van der Waals surface area contributed by atoms with Crippen molar-refractivity contribution in [2.45, 2.75) is 12.7 Å². The summed E-state index contributed by atoms with van der Waals surface area (Å²) in [4.78, 5) is 9.68. The summed E-state index contributed by atoms with van der Waals surface area (Å²) in [7, 11) is 0. The molecule has 1 rings (SSSR count). The normalized spacial score (nSPS) is 11.6. The maximum absolute atomic E-state index is 12.4. The van der Waals surface area contributed by atoms with Gasteiger partial charge < -0.3 is 5.73 Å². The summed E-state index contributed by atoms with van der Waals surface area (Å²) in [5.74, 6) is 0. The van der Waals surface area contributed by atoms with Crippen LogP contribution < -0.4 is 5.73 Å². The number of nitrogens with zero attached hydrogens (tertiary/aromatic N) is 1. The lowest BCUT2D eigenvalue weighted by Crippen LogP contribution is -2.10. The molecule has 0 atom stereocenters. The first kappa shape index (κ1) is 12.7. The first-order chi connectivity index (χ1) is 7.27. The molecule has 0 radical (unpaired) electrons. The fourth-order valence-electron chi connectivity index (χ4n) is 1.16. The van der Waals surface area contributed by atoms with E-state index in [9.17, 15) is 23.3 Å². The van der Waals surface area contributed by atoms with Gasteiger partial charge in [-0.25, -0.2) is 0 Å². The van der Waals surface area contributed by atoms with E-state index in [0.717, 1.165) is 0 Å². The number of nitrogens with two attached hydrogens (primary N) is 1. The van der Waals surface area contributed by atoms with E-state index in [1.165, 1.54) is 0 Å². The van der Waals surface area contributed by atoms with Gasteiger partial charge in [0.15, 0.2) is 0 Å². The van der Waals surface area contributed by atoms with Crippen molar-refractivity contribution in [3.8, 4) is 0 Å². The van der Waals surface area contributed by atoms with Gasteiger partial charge in [0.1, 0.15) is 0 Å². The molecule has 4 nitrogen and oxygen atoms in total. The third kappa shape index (κ3) is 2.42. The second-order valence-electron chi connectivity index (χ2n) is 2.92. The molecule has 0 aliphatic heterocycles. The first-order valence-corrected chi connectivity index (χ1v) is 4.39.